The first-order chi connectivity index (χ1) is 11.7. The molecule has 2 aliphatic heterocycles. The van der Waals surface area contributed by atoms with Crippen molar-refractivity contribution in [2.45, 2.75) is 26.4 Å². The first-order valence-electron chi connectivity index (χ1n) is 8.15. The molecule has 1 aromatic carbocycles. The molecule has 24 heavy (non-hydrogen) atoms. The van der Waals surface area contributed by atoms with Crippen LogP contribution in [-0.4, -0.2) is 32.7 Å². The van der Waals surface area contributed by atoms with Gasteiger partial charge in [0.15, 0.2) is 11.6 Å². The van der Waals surface area contributed by atoms with Gasteiger partial charge in [-0.25, -0.2) is 15.0 Å². The lowest BCUT2D eigenvalue weighted by Crippen LogP contribution is -2.36. The Morgan fingerprint density at radius 2 is 1.83 bits per heavy atom. The maximum atomic E-state index is 4.62. The van der Waals surface area contributed by atoms with Crippen molar-refractivity contribution in [2.75, 3.05) is 16.8 Å². The topological polar surface area (TPSA) is 50.1 Å². The molecule has 0 spiro atoms. The van der Waals surface area contributed by atoms with Crippen LogP contribution in [0.1, 0.15) is 23.9 Å². The van der Waals surface area contributed by atoms with Crippen molar-refractivity contribution in [1.82, 2.24) is 19.5 Å². The van der Waals surface area contributed by atoms with Gasteiger partial charge in [-0.1, -0.05) is 6.07 Å². The molecule has 6 heteroatoms. The van der Waals surface area contributed by atoms with Gasteiger partial charge in [0, 0.05) is 43.8 Å². The summed E-state index contributed by atoms with van der Waals surface area (Å²) >= 11 is 0. The molecule has 120 valence electrons. The average molecular weight is 318 g/mol. The number of nitrogens with zero attached hydrogens (tertiary/aromatic N) is 6. The molecule has 0 N–H and O–H groups in total. The number of aromatic nitrogens is 4. The van der Waals surface area contributed by atoms with Crippen LogP contribution in [-0.2, 0) is 6.42 Å². The van der Waals surface area contributed by atoms with E-state index in [1.165, 1.54) is 22.5 Å². The molecule has 4 heterocycles. The van der Waals surface area contributed by atoms with Gasteiger partial charge in [-0.05, 0) is 25.5 Å². The highest BCUT2D eigenvalue weighted by atomic mass is 15.5. The Morgan fingerprint density at radius 1 is 1.04 bits per heavy atom. The summed E-state index contributed by atoms with van der Waals surface area (Å²) in [5.41, 5.74) is 5.02. The molecule has 0 fully saturated rings. The fourth-order valence-electron chi connectivity index (χ4n) is 3.88. The minimum absolute atomic E-state index is 0.167. The zero-order valence-electron chi connectivity index (χ0n) is 13.9. The van der Waals surface area contributed by atoms with E-state index in [0.29, 0.717) is 0 Å². The summed E-state index contributed by atoms with van der Waals surface area (Å²) in [4.78, 5) is 18.1. The van der Waals surface area contributed by atoms with E-state index < -0.39 is 0 Å². The van der Waals surface area contributed by atoms with Gasteiger partial charge in [-0.15, -0.1) is 0 Å². The molecular formula is C18H18N6. The van der Waals surface area contributed by atoms with E-state index >= 15 is 0 Å². The normalized spacial score (nSPS) is 17.9. The van der Waals surface area contributed by atoms with E-state index in [1.54, 1.807) is 12.4 Å². The monoisotopic (exact) mass is 318 g/mol. The lowest BCUT2D eigenvalue weighted by Gasteiger charge is -2.29. The van der Waals surface area contributed by atoms with Gasteiger partial charge in [0.1, 0.15) is 12.0 Å². The zero-order chi connectivity index (χ0) is 16.4. The molecule has 5 rings (SSSR count). The average Bonchev–Trinajstić information content (AvgIpc) is 3.23. The summed E-state index contributed by atoms with van der Waals surface area (Å²) in [6, 6.07) is 4.37. The van der Waals surface area contributed by atoms with Crippen LogP contribution in [0.15, 0.2) is 36.9 Å². The number of aryl methyl sites for hydroxylation is 1. The Bertz CT molecular complexity index is 960. The quantitative estimate of drug-likeness (QED) is 0.540. The second-order valence-electron chi connectivity index (χ2n) is 6.44. The van der Waals surface area contributed by atoms with Gasteiger partial charge in [0.25, 0.3) is 0 Å². The smallest absolute Gasteiger partial charge is 0.178 e. The van der Waals surface area contributed by atoms with E-state index in [4.69, 9.17) is 0 Å². The van der Waals surface area contributed by atoms with Crippen molar-refractivity contribution < 1.29 is 0 Å². The first kappa shape index (κ1) is 13.5. The van der Waals surface area contributed by atoms with E-state index in [1.807, 2.05) is 12.4 Å². The van der Waals surface area contributed by atoms with Crippen molar-refractivity contribution in [1.29, 1.82) is 0 Å². The Hall–Kier alpha value is -2.89. The largest absolute Gasteiger partial charge is 0.336 e. The fraction of sp³-hybridized carbons (Fsp3) is 0.278. The van der Waals surface area contributed by atoms with Gasteiger partial charge in [-0.2, -0.15) is 0 Å². The summed E-state index contributed by atoms with van der Waals surface area (Å²) in [6.45, 7) is 4.35. The van der Waals surface area contributed by atoms with Crippen LogP contribution < -0.4 is 9.80 Å². The van der Waals surface area contributed by atoms with Crippen molar-refractivity contribution in [3.8, 4) is 5.69 Å². The highest BCUT2D eigenvalue weighted by Crippen LogP contribution is 2.45. The van der Waals surface area contributed by atoms with E-state index in [2.05, 4.69) is 62.3 Å². The van der Waals surface area contributed by atoms with Crippen molar-refractivity contribution >= 4 is 17.3 Å². The second-order valence-corrected chi connectivity index (χ2v) is 6.44. The number of hydrogen-bond donors (Lipinski definition) is 0. The highest BCUT2D eigenvalue weighted by Gasteiger charge is 2.37. The predicted molar refractivity (Wildman–Crippen MR) is 93.1 cm³/mol. The van der Waals surface area contributed by atoms with Gasteiger partial charge in [-0.3, -0.25) is 0 Å². The summed E-state index contributed by atoms with van der Waals surface area (Å²) in [5, 5.41) is 0. The molecule has 0 radical (unpaired) electrons. The molecule has 0 unspecified atom stereocenters. The van der Waals surface area contributed by atoms with Crippen molar-refractivity contribution in [2.24, 2.45) is 0 Å². The SMILES string of the molecule is Cc1ccc2c(c1N1c3nccnc3N(C)[C@@H]1C)Cc1nccn1-2. The van der Waals surface area contributed by atoms with Crippen LogP contribution in [0.25, 0.3) is 5.69 Å². The Morgan fingerprint density at radius 3 is 2.67 bits per heavy atom. The Balaban J connectivity index is 1.75. The molecule has 2 aliphatic rings. The maximum Gasteiger partial charge on any atom is 0.178 e. The lowest BCUT2D eigenvalue weighted by atomic mass is 10.0. The third-order valence-corrected chi connectivity index (χ3v) is 5.17. The minimum atomic E-state index is 0.167. The molecule has 0 aliphatic carbocycles. The van der Waals surface area contributed by atoms with Crippen LogP contribution in [0, 0.1) is 6.92 Å². The Kier molecular flexibility index (Phi) is 2.58. The molecule has 6 nitrogen and oxygen atoms in total. The number of fused-ring (bicyclic) bond motifs is 4. The number of imidazole rings is 1. The maximum absolute atomic E-state index is 4.62. The highest BCUT2D eigenvalue weighted by molar-refractivity contribution is 5.82. The summed E-state index contributed by atoms with van der Waals surface area (Å²) in [5.74, 6) is 2.95. The van der Waals surface area contributed by atoms with Gasteiger partial charge in [0.2, 0.25) is 0 Å². The van der Waals surface area contributed by atoms with E-state index in [0.717, 1.165) is 23.9 Å². The summed E-state index contributed by atoms with van der Waals surface area (Å²) in [7, 11) is 2.07. The minimum Gasteiger partial charge on any atom is -0.336 e. The predicted octanol–water partition coefficient (Wildman–Crippen LogP) is 2.81. The molecule has 0 amide bonds. The molecular weight excluding hydrogens is 300 g/mol. The third-order valence-electron chi connectivity index (χ3n) is 5.17. The van der Waals surface area contributed by atoms with Crippen LogP contribution in [0.2, 0.25) is 0 Å². The van der Waals surface area contributed by atoms with Gasteiger partial charge >= 0.3 is 0 Å². The van der Waals surface area contributed by atoms with Gasteiger partial charge in [0.05, 0.1) is 11.4 Å². The van der Waals surface area contributed by atoms with Crippen LogP contribution in [0.5, 0.6) is 0 Å². The number of hydrogen-bond acceptors (Lipinski definition) is 5. The van der Waals surface area contributed by atoms with Crippen molar-refractivity contribution in [3.63, 3.8) is 0 Å². The van der Waals surface area contributed by atoms with E-state index in [-0.39, 0.29) is 6.17 Å². The Labute approximate surface area is 140 Å². The van der Waals surface area contributed by atoms with Crippen LogP contribution >= 0.6 is 0 Å². The summed E-state index contributed by atoms with van der Waals surface area (Å²) < 4.78 is 2.18. The standard InChI is InChI=1S/C18H18N6/c1-11-4-5-14-13(10-15-19-8-9-23(14)15)16(11)24-12(2)22(3)17-18(24)21-7-6-20-17/h4-9,12H,10H2,1-3H3/t12-/m0/s1. The molecule has 2 aromatic heterocycles. The summed E-state index contributed by atoms with van der Waals surface area (Å²) in [6.07, 6.45) is 8.44. The van der Waals surface area contributed by atoms with E-state index in [9.17, 15) is 0 Å². The van der Waals surface area contributed by atoms with Gasteiger partial charge < -0.3 is 14.4 Å². The fourth-order valence-corrected chi connectivity index (χ4v) is 3.88. The first-order valence-corrected chi connectivity index (χ1v) is 8.15. The number of anilines is 3. The molecule has 3 aromatic rings. The number of benzene rings is 1. The third kappa shape index (κ3) is 1.57. The van der Waals surface area contributed by atoms with Crippen molar-refractivity contribution in [3.05, 3.63) is 53.9 Å². The number of rotatable bonds is 1. The molecule has 0 bridgehead atoms. The second kappa shape index (κ2) is 4.56. The molecule has 1 atom stereocenters. The van der Waals surface area contributed by atoms with Crippen LogP contribution in [0.4, 0.5) is 17.3 Å². The lowest BCUT2D eigenvalue weighted by molar-refractivity contribution is 0.724. The molecule has 0 saturated carbocycles. The zero-order valence-corrected chi connectivity index (χ0v) is 13.9. The molecule has 0 saturated heterocycles. The van der Waals surface area contributed by atoms with Crippen LogP contribution in [0.3, 0.4) is 0 Å².